The van der Waals surface area contributed by atoms with E-state index in [9.17, 15) is 5.26 Å². The van der Waals surface area contributed by atoms with E-state index >= 15 is 0 Å². The lowest BCUT2D eigenvalue weighted by Crippen LogP contribution is -2.25. The van der Waals surface area contributed by atoms with Gasteiger partial charge in [-0.3, -0.25) is 0 Å². The first-order valence-corrected chi connectivity index (χ1v) is 6.47. The molecule has 0 saturated heterocycles. The van der Waals surface area contributed by atoms with Crippen molar-refractivity contribution < 1.29 is 4.74 Å². The Balaban J connectivity index is 2.34. The summed E-state index contributed by atoms with van der Waals surface area (Å²) in [6.07, 6.45) is 4.53. The van der Waals surface area contributed by atoms with Crippen molar-refractivity contribution in [3.05, 3.63) is 28.8 Å². The van der Waals surface area contributed by atoms with Gasteiger partial charge >= 0.3 is 0 Å². The predicted molar refractivity (Wildman–Crippen MR) is 74.7 cm³/mol. The van der Waals surface area contributed by atoms with Gasteiger partial charge in [-0.25, -0.2) is 0 Å². The molecule has 2 rings (SSSR count). The molecule has 0 heterocycles. The first-order valence-electron chi connectivity index (χ1n) is 6.07. The number of benzene rings is 1. The molecule has 1 aromatic carbocycles. The lowest BCUT2D eigenvalue weighted by atomic mass is 9.90. The standard InChI is InChI=1S/C14H16N2OS/c1-16(2)14(18)17-13-8-11-6-4-3-5-10(11)7-12(13)9-15/h7-8H,3-6H2,1-2H3. The van der Waals surface area contributed by atoms with E-state index in [1.807, 2.05) is 26.2 Å². The van der Waals surface area contributed by atoms with Crippen LogP contribution >= 0.6 is 12.2 Å². The Hall–Kier alpha value is -1.60. The van der Waals surface area contributed by atoms with Crippen LogP contribution in [0.2, 0.25) is 0 Å². The van der Waals surface area contributed by atoms with Crippen LogP contribution in [0.1, 0.15) is 29.5 Å². The van der Waals surface area contributed by atoms with Crippen molar-refractivity contribution in [1.82, 2.24) is 4.90 Å². The monoisotopic (exact) mass is 260 g/mol. The van der Waals surface area contributed by atoms with E-state index in [0.717, 1.165) is 12.8 Å². The van der Waals surface area contributed by atoms with E-state index in [1.165, 1.54) is 24.0 Å². The Morgan fingerprint density at radius 1 is 1.28 bits per heavy atom. The Bertz CT molecular complexity index is 517. The Morgan fingerprint density at radius 2 is 1.89 bits per heavy atom. The van der Waals surface area contributed by atoms with E-state index in [0.29, 0.717) is 16.5 Å². The molecule has 1 aliphatic carbocycles. The minimum absolute atomic E-state index is 0.377. The van der Waals surface area contributed by atoms with E-state index in [4.69, 9.17) is 17.0 Å². The summed E-state index contributed by atoms with van der Waals surface area (Å²) in [7, 11) is 3.65. The van der Waals surface area contributed by atoms with Gasteiger partial charge in [-0.05, 0) is 61.2 Å². The molecular weight excluding hydrogens is 244 g/mol. The first-order chi connectivity index (χ1) is 8.61. The molecule has 0 amide bonds. The molecule has 18 heavy (non-hydrogen) atoms. The first kappa shape index (κ1) is 12.8. The van der Waals surface area contributed by atoms with Gasteiger partial charge in [-0.15, -0.1) is 0 Å². The second kappa shape index (κ2) is 5.36. The maximum absolute atomic E-state index is 9.18. The topological polar surface area (TPSA) is 36.3 Å². The molecular formula is C14H16N2OS. The third kappa shape index (κ3) is 2.62. The van der Waals surface area contributed by atoms with Gasteiger partial charge in [0.1, 0.15) is 11.8 Å². The number of ether oxygens (including phenoxy) is 1. The Kier molecular flexibility index (Phi) is 3.83. The molecule has 0 N–H and O–H groups in total. The molecule has 94 valence electrons. The fourth-order valence-corrected chi connectivity index (χ4v) is 2.21. The fourth-order valence-electron chi connectivity index (χ4n) is 2.12. The highest BCUT2D eigenvalue weighted by atomic mass is 32.1. The number of thiocarbonyl (C=S) groups is 1. The zero-order valence-electron chi connectivity index (χ0n) is 10.7. The third-order valence-electron chi connectivity index (χ3n) is 3.13. The maximum atomic E-state index is 9.18. The largest absolute Gasteiger partial charge is 0.430 e. The number of nitriles is 1. The molecule has 0 spiro atoms. The number of rotatable bonds is 1. The van der Waals surface area contributed by atoms with E-state index in [1.54, 1.807) is 4.90 Å². The molecule has 0 unspecified atom stereocenters. The van der Waals surface area contributed by atoms with Gasteiger partial charge in [0.25, 0.3) is 5.17 Å². The molecule has 0 atom stereocenters. The zero-order chi connectivity index (χ0) is 13.1. The lowest BCUT2D eigenvalue weighted by Gasteiger charge is -2.19. The molecule has 0 aromatic heterocycles. The number of nitrogens with zero attached hydrogens (tertiary/aromatic N) is 2. The molecule has 0 aliphatic heterocycles. The SMILES string of the molecule is CN(C)C(=S)Oc1cc2c(cc1C#N)CCCC2. The molecule has 0 bridgehead atoms. The number of hydrogen-bond donors (Lipinski definition) is 0. The van der Waals surface area contributed by atoms with E-state index in [-0.39, 0.29) is 0 Å². The molecule has 4 heteroatoms. The predicted octanol–water partition coefficient (Wildman–Crippen LogP) is 2.66. The van der Waals surface area contributed by atoms with Crippen molar-refractivity contribution in [2.24, 2.45) is 0 Å². The Labute approximate surface area is 113 Å². The quantitative estimate of drug-likeness (QED) is 0.727. The fraction of sp³-hybridized carbons (Fsp3) is 0.429. The van der Waals surface area contributed by atoms with Crippen LogP contribution in [-0.2, 0) is 12.8 Å². The smallest absolute Gasteiger partial charge is 0.264 e. The summed E-state index contributed by atoms with van der Waals surface area (Å²) in [5.74, 6) is 0.580. The van der Waals surface area contributed by atoms with Crippen molar-refractivity contribution in [2.75, 3.05) is 14.1 Å². The maximum Gasteiger partial charge on any atom is 0.264 e. The normalized spacial score (nSPS) is 13.4. The van der Waals surface area contributed by atoms with Crippen LogP contribution in [0.5, 0.6) is 5.75 Å². The lowest BCUT2D eigenvalue weighted by molar-refractivity contribution is 0.447. The van der Waals surface area contributed by atoms with Crippen molar-refractivity contribution in [3.63, 3.8) is 0 Å². The number of hydrogen-bond acceptors (Lipinski definition) is 3. The van der Waals surface area contributed by atoms with Gasteiger partial charge in [-0.2, -0.15) is 5.26 Å². The Morgan fingerprint density at radius 3 is 2.44 bits per heavy atom. The van der Waals surface area contributed by atoms with E-state index < -0.39 is 0 Å². The van der Waals surface area contributed by atoms with Crippen molar-refractivity contribution in [1.29, 1.82) is 5.26 Å². The summed E-state index contributed by atoms with van der Waals surface area (Å²) in [6.45, 7) is 0. The van der Waals surface area contributed by atoms with Gasteiger partial charge in [-0.1, -0.05) is 0 Å². The summed E-state index contributed by atoms with van der Waals surface area (Å²) in [4.78, 5) is 1.72. The second-order valence-corrected chi connectivity index (χ2v) is 5.05. The molecule has 0 fully saturated rings. The molecule has 0 saturated carbocycles. The minimum atomic E-state index is 0.377. The van der Waals surface area contributed by atoms with Crippen LogP contribution in [-0.4, -0.2) is 24.2 Å². The van der Waals surface area contributed by atoms with Crippen LogP contribution in [0, 0.1) is 11.3 Å². The summed E-state index contributed by atoms with van der Waals surface area (Å²) >= 11 is 5.12. The third-order valence-corrected chi connectivity index (χ3v) is 3.58. The highest BCUT2D eigenvalue weighted by molar-refractivity contribution is 7.80. The highest BCUT2D eigenvalue weighted by Crippen LogP contribution is 2.29. The van der Waals surface area contributed by atoms with Gasteiger partial charge < -0.3 is 9.64 Å². The molecule has 1 aromatic rings. The van der Waals surface area contributed by atoms with Gasteiger partial charge in [0.2, 0.25) is 0 Å². The van der Waals surface area contributed by atoms with E-state index in [2.05, 4.69) is 6.07 Å². The van der Waals surface area contributed by atoms with Gasteiger partial charge in [0, 0.05) is 14.1 Å². The van der Waals surface area contributed by atoms with Crippen LogP contribution in [0.25, 0.3) is 0 Å². The van der Waals surface area contributed by atoms with Gasteiger partial charge in [0.05, 0.1) is 5.56 Å². The van der Waals surface area contributed by atoms with Crippen molar-refractivity contribution in [2.45, 2.75) is 25.7 Å². The van der Waals surface area contributed by atoms with Crippen LogP contribution < -0.4 is 4.74 Å². The summed E-state index contributed by atoms with van der Waals surface area (Å²) in [5, 5.41) is 9.56. The molecule has 0 radical (unpaired) electrons. The average molecular weight is 260 g/mol. The summed E-state index contributed by atoms with van der Waals surface area (Å²) in [5.41, 5.74) is 3.14. The minimum Gasteiger partial charge on any atom is -0.430 e. The second-order valence-electron chi connectivity index (χ2n) is 4.70. The highest BCUT2D eigenvalue weighted by Gasteiger charge is 2.15. The molecule has 1 aliphatic rings. The average Bonchev–Trinajstić information content (AvgIpc) is 2.37. The summed E-state index contributed by atoms with van der Waals surface area (Å²) < 4.78 is 5.60. The number of fused-ring (bicyclic) bond motifs is 1. The molecule has 3 nitrogen and oxygen atoms in total. The van der Waals surface area contributed by atoms with Crippen LogP contribution in [0.4, 0.5) is 0 Å². The van der Waals surface area contributed by atoms with Gasteiger partial charge in [0.15, 0.2) is 0 Å². The van der Waals surface area contributed by atoms with Crippen LogP contribution in [0.3, 0.4) is 0 Å². The zero-order valence-corrected chi connectivity index (χ0v) is 11.5. The summed E-state index contributed by atoms with van der Waals surface area (Å²) in [6, 6.07) is 6.11. The van der Waals surface area contributed by atoms with Crippen molar-refractivity contribution >= 4 is 17.4 Å². The van der Waals surface area contributed by atoms with Crippen LogP contribution in [0.15, 0.2) is 12.1 Å². The number of aryl methyl sites for hydroxylation is 2. The van der Waals surface area contributed by atoms with Crippen molar-refractivity contribution in [3.8, 4) is 11.8 Å².